The van der Waals surface area contributed by atoms with Gasteiger partial charge in [0.1, 0.15) is 12.4 Å². The third kappa shape index (κ3) is 7.65. The van der Waals surface area contributed by atoms with Crippen LogP contribution >= 0.6 is 9.24 Å². The van der Waals surface area contributed by atoms with Crippen molar-refractivity contribution < 1.29 is 15.0 Å². The second-order valence-corrected chi connectivity index (χ2v) is 6.47. The van der Waals surface area contributed by atoms with Gasteiger partial charge in [-0.2, -0.15) is 0 Å². The van der Waals surface area contributed by atoms with Gasteiger partial charge in [0.2, 0.25) is 0 Å². The van der Waals surface area contributed by atoms with Crippen LogP contribution in [0.2, 0.25) is 0 Å². The van der Waals surface area contributed by atoms with E-state index in [4.69, 9.17) is 4.74 Å². The summed E-state index contributed by atoms with van der Waals surface area (Å²) in [4.78, 5) is 15.0. The molecule has 0 saturated heterocycles. The Labute approximate surface area is 160 Å². The fraction of sp³-hybridized carbons (Fsp3) is 0.381. The van der Waals surface area contributed by atoms with Crippen molar-refractivity contribution in [1.29, 1.82) is 0 Å². The lowest BCUT2D eigenvalue weighted by Crippen LogP contribution is -2.26. The van der Waals surface area contributed by atoms with E-state index in [0.29, 0.717) is 12.2 Å². The van der Waals surface area contributed by atoms with Crippen LogP contribution in [0.5, 0.6) is 5.75 Å². The fourth-order valence-corrected chi connectivity index (χ4v) is 3.04. The highest BCUT2D eigenvalue weighted by atomic mass is 31.0. The van der Waals surface area contributed by atoms with Gasteiger partial charge in [0, 0.05) is 24.6 Å². The molecule has 1 aromatic rings. The molecule has 144 valence electrons. The number of hydrogen-bond acceptors (Lipinski definition) is 3. The first-order chi connectivity index (χ1) is 12.1. The van der Waals surface area contributed by atoms with Crippen molar-refractivity contribution in [3.8, 4) is 5.75 Å². The number of ether oxygens (including phenoxy) is 1. The maximum atomic E-state index is 12.8. The zero-order valence-corrected chi connectivity index (χ0v) is 17.1. The third-order valence-corrected chi connectivity index (χ3v) is 4.32. The molecule has 0 radical (unpaired) electrons. The van der Waals surface area contributed by atoms with E-state index in [1.54, 1.807) is 12.2 Å². The summed E-state index contributed by atoms with van der Waals surface area (Å²) in [7, 11) is 4.80. The van der Waals surface area contributed by atoms with Gasteiger partial charge >= 0.3 is 0 Å². The standard InChI is InChI=1S/C21H30NO2P.H2O/c1-5-8-17(6-2)20(7-3)21(23)18-9-11-19(12-10-18)24-15-13-22(4)14-16-25;/h5-6,8-12,20H,1-2,7,13-16,25H2,3-4H3;1H2/b17-8+;. The van der Waals surface area contributed by atoms with Gasteiger partial charge in [-0.1, -0.05) is 38.3 Å². The predicted octanol–water partition coefficient (Wildman–Crippen LogP) is 3.55. The molecule has 2 atom stereocenters. The molecular weight excluding hydrogens is 345 g/mol. The van der Waals surface area contributed by atoms with Crippen LogP contribution in [-0.2, 0) is 0 Å². The maximum Gasteiger partial charge on any atom is 0.170 e. The van der Waals surface area contributed by atoms with Crippen LogP contribution in [0.4, 0.5) is 0 Å². The lowest BCUT2D eigenvalue weighted by molar-refractivity contribution is 0.0938. The Balaban J connectivity index is 0.00000625. The van der Waals surface area contributed by atoms with E-state index < -0.39 is 0 Å². The van der Waals surface area contributed by atoms with E-state index in [2.05, 4.69) is 34.3 Å². The Kier molecular flexibility index (Phi) is 12.6. The van der Waals surface area contributed by atoms with Gasteiger partial charge in [0.15, 0.2) is 5.78 Å². The van der Waals surface area contributed by atoms with Crippen molar-refractivity contribution >= 4 is 15.0 Å². The number of carbonyl (C=O) groups excluding carboxylic acids is 1. The van der Waals surface area contributed by atoms with Gasteiger partial charge < -0.3 is 15.1 Å². The van der Waals surface area contributed by atoms with Gasteiger partial charge in [-0.3, -0.25) is 4.79 Å². The van der Waals surface area contributed by atoms with Gasteiger partial charge in [0.05, 0.1) is 0 Å². The van der Waals surface area contributed by atoms with E-state index in [1.807, 2.05) is 37.3 Å². The lowest BCUT2D eigenvalue weighted by atomic mass is 9.88. The summed E-state index contributed by atoms with van der Waals surface area (Å²) < 4.78 is 5.75. The third-order valence-electron chi connectivity index (χ3n) is 4.06. The van der Waals surface area contributed by atoms with Crippen LogP contribution in [0.15, 0.2) is 61.2 Å². The normalized spacial score (nSPS) is 12.2. The van der Waals surface area contributed by atoms with Gasteiger partial charge in [0.25, 0.3) is 0 Å². The Bertz CT molecular complexity index is 596. The van der Waals surface area contributed by atoms with E-state index >= 15 is 0 Å². The highest BCUT2D eigenvalue weighted by Gasteiger charge is 2.20. The van der Waals surface area contributed by atoms with E-state index in [-0.39, 0.29) is 17.2 Å². The minimum Gasteiger partial charge on any atom is -0.492 e. The molecule has 1 aromatic carbocycles. The predicted molar refractivity (Wildman–Crippen MR) is 114 cm³/mol. The van der Waals surface area contributed by atoms with Crippen molar-refractivity contribution in [2.75, 3.05) is 32.9 Å². The average Bonchev–Trinajstić information content (AvgIpc) is 2.62. The topological polar surface area (TPSA) is 61.0 Å². The van der Waals surface area contributed by atoms with E-state index in [1.165, 1.54) is 0 Å². The zero-order valence-electron chi connectivity index (χ0n) is 15.9. The number of Topliss-reactive ketones (excluding diaryl/α,β-unsaturated/α-hetero) is 1. The van der Waals surface area contributed by atoms with Crippen molar-refractivity contribution in [3.63, 3.8) is 0 Å². The molecule has 5 heteroatoms. The van der Waals surface area contributed by atoms with E-state index in [0.717, 1.165) is 37.0 Å². The quantitative estimate of drug-likeness (QED) is 0.318. The largest absolute Gasteiger partial charge is 0.492 e. The van der Waals surface area contributed by atoms with Crippen LogP contribution in [0.3, 0.4) is 0 Å². The number of benzene rings is 1. The molecule has 4 nitrogen and oxygen atoms in total. The van der Waals surface area contributed by atoms with Crippen LogP contribution in [-0.4, -0.2) is 49.1 Å². The Morgan fingerprint density at radius 1 is 1.27 bits per heavy atom. The Morgan fingerprint density at radius 3 is 2.42 bits per heavy atom. The molecular formula is C21H32NO3P. The SMILES string of the molecule is C=C/C=C(\C=C)C(CC)C(=O)c1ccc(OCCN(C)CCP)cc1.O. The average molecular weight is 377 g/mol. The second kappa shape index (κ2) is 13.5. The molecule has 0 aliphatic carbocycles. The monoisotopic (exact) mass is 377 g/mol. The van der Waals surface area contributed by atoms with Crippen LogP contribution in [0, 0.1) is 5.92 Å². The number of allylic oxidation sites excluding steroid dienone is 4. The number of ketones is 1. The molecule has 0 fully saturated rings. The Morgan fingerprint density at radius 2 is 1.92 bits per heavy atom. The zero-order chi connectivity index (χ0) is 18.7. The highest BCUT2D eigenvalue weighted by Crippen LogP contribution is 2.23. The molecule has 0 aromatic heterocycles. The molecule has 0 aliphatic heterocycles. The van der Waals surface area contributed by atoms with Gasteiger partial charge in [-0.25, -0.2) is 0 Å². The number of likely N-dealkylation sites (N-methyl/N-ethyl adjacent to an activating group) is 1. The molecule has 2 N–H and O–H groups in total. The first-order valence-electron chi connectivity index (χ1n) is 8.68. The number of hydrogen-bond donors (Lipinski definition) is 0. The number of carbonyl (C=O) groups is 1. The smallest absolute Gasteiger partial charge is 0.170 e. The molecule has 0 aliphatic rings. The van der Waals surface area contributed by atoms with Crippen molar-refractivity contribution in [1.82, 2.24) is 4.90 Å². The van der Waals surface area contributed by atoms with E-state index in [9.17, 15) is 4.79 Å². The molecule has 26 heavy (non-hydrogen) atoms. The summed E-state index contributed by atoms with van der Waals surface area (Å²) in [6, 6.07) is 7.39. The Hall–Kier alpha value is -1.74. The summed E-state index contributed by atoms with van der Waals surface area (Å²) in [6.45, 7) is 12.1. The number of rotatable bonds is 12. The van der Waals surface area contributed by atoms with Crippen LogP contribution < -0.4 is 4.74 Å². The lowest BCUT2D eigenvalue weighted by Gasteiger charge is -2.16. The minimum atomic E-state index is -0.192. The van der Waals surface area contributed by atoms with Crippen molar-refractivity contribution in [2.24, 2.45) is 5.92 Å². The molecule has 0 heterocycles. The van der Waals surface area contributed by atoms with Crippen LogP contribution in [0.1, 0.15) is 23.7 Å². The fourth-order valence-electron chi connectivity index (χ4n) is 2.60. The summed E-state index contributed by atoms with van der Waals surface area (Å²) in [5.74, 6) is 0.694. The molecule has 0 bridgehead atoms. The van der Waals surface area contributed by atoms with Crippen molar-refractivity contribution in [3.05, 3.63) is 66.8 Å². The summed E-state index contributed by atoms with van der Waals surface area (Å²) in [5.41, 5.74) is 1.59. The molecule has 0 spiro atoms. The maximum absolute atomic E-state index is 12.8. The summed E-state index contributed by atoms with van der Waals surface area (Å²) >= 11 is 0. The first-order valence-corrected chi connectivity index (χ1v) is 9.49. The van der Waals surface area contributed by atoms with Crippen molar-refractivity contribution in [2.45, 2.75) is 13.3 Å². The summed E-state index contributed by atoms with van der Waals surface area (Å²) in [5, 5.41) is 0. The summed E-state index contributed by atoms with van der Waals surface area (Å²) in [6.07, 6.45) is 7.06. The number of nitrogens with zero attached hydrogens (tertiary/aromatic N) is 1. The molecule has 2 unspecified atom stereocenters. The second-order valence-electron chi connectivity index (χ2n) is 5.90. The highest BCUT2D eigenvalue weighted by molar-refractivity contribution is 7.16. The van der Waals surface area contributed by atoms with Gasteiger partial charge in [-0.15, -0.1) is 9.24 Å². The molecule has 0 amide bonds. The van der Waals surface area contributed by atoms with Crippen LogP contribution in [0.25, 0.3) is 0 Å². The molecule has 0 saturated carbocycles. The van der Waals surface area contributed by atoms with Gasteiger partial charge in [-0.05, 0) is 49.5 Å². The molecule has 1 rings (SSSR count). The minimum absolute atomic E-state index is 0. The first kappa shape index (κ1) is 24.3.